The second-order valence-electron chi connectivity index (χ2n) is 5.17. The van der Waals surface area contributed by atoms with Gasteiger partial charge in [-0.1, -0.05) is 36.7 Å². The van der Waals surface area contributed by atoms with Crippen molar-refractivity contribution in [3.63, 3.8) is 0 Å². The number of halogens is 1. The van der Waals surface area contributed by atoms with Gasteiger partial charge in [0.1, 0.15) is 0 Å². The zero-order valence-electron chi connectivity index (χ0n) is 11.6. The maximum atomic E-state index is 12.6. The smallest absolute Gasteiger partial charge is 0.319 e. The number of carbonyl (C=O) groups excluding carboxylic acids is 2. The van der Waals surface area contributed by atoms with Gasteiger partial charge in [-0.3, -0.25) is 4.79 Å². The van der Waals surface area contributed by atoms with E-state index in [1.54, 1.807) is 11.0 Å². The van der Waals surface area contributed by atoms with Gasteiger partial charge in [0.15, 0.2) is 0 Å². The number of nitrogens with zero attached hydrogens (tertiary/aromatic N) is 1. The third kappa shape index (κ3) is 2.38. The van der Waals surface area contributed by atoms with Gasteiger partial charge in [0.25, 0.3) is 5.91 Å². The molecule has 5 nitrogen and oxygen atoms in total. The summed E-state index contributed by atoms with van der Waals surface area (Å²) in [5.41, 5.74) is 2.02. The highest BCUT2D eigenvalue weighted by Gasteiger charge is 2.40. The van der Waals surface area contributed by atoms with Crippen LogP contribution in [0.5, 0.6) is 0 Å². The van der Waals surface area contributed by atoms with E-state index in [1.165, 1.54) is 0 Å². The summed E-state index contributed by atoms with van der Waals surface area (Å²) < 4.78 is 0. The van der Waals surface area contributed by atoms with Crippen LogP contribution in [0.4, 0.5) is 4.79 Å². The van der Waals surface area contributed by atoms with Crippen LogP contribution in [0.2, 0.25) is 5.02 Å². The van der Waals surface area contributed by atoms with Crippen molar-refractivity contribution in [2.45, 2.75) is 19.4 Å². The molecule has 6 heteroatoms. The summed E-state index contributed by atoms with van der Waals surface area (Å²) in [6, 6.07) is 6.47. The Morgan fingerprint density at radius 2 is 2.10 bits per heavy atom. The van der Waals surface area contributed by atoms with Crippen molar-refractivity contribution in [2.24, 2.45) is 0 Å². The monoisotopic (exact) mass is 305 g/mol. The van der Waals surface area contributed by atoms with E-state index in [0.29, 0.717) is 29.4 Å². The van der Waals surface area contributed by atoms with Crippen LogP contribution in [0.25, 0.3) is 0 Å². The number of hydrogen-bond acceptors (Lipinski definition) is 2. The number of hydrogen-bond donors (Lipinski definition) is 2. The maximum absolute atomic E-state index is 12.6. The lowest BCUT2D eigenvalue weighted by Crippen LogP contribution is -2.44. The molecule has 3 amide bonds. The molecule has 0 aliphatic carbocycles. The first-order valence-electron chi connectivity index (χ1n) is 6.96. The molecular weight excluding hydrogens is 290 g/mol. The van der Waals surface area contributed by atoms with Gasteiger partial charge >= 0.3 is 6.03 Å². The SMILES string of the molecule is CCCN1CC2=C(C1=O)[C@H](c1ccccc1Cl)NC(=O)N2. The Morgan fingerprint density at radius 3 is 2.81 bits per heavy atom. The number of rotatable bonds is 3. The largest absolute Gasteiger partial charge is 0.333 e. The topological polar surface area (TPSA) is 61.4 Å². The lowest BCUT2D eigenvalue weighted by molar-refractivity contribution is -0.125. The van der Waals surface area contributed by atoms with Crippen LogP contribution in [-0.2, 0) is 4.79 Å². The number of carbonyl (C=O) groups is 2. The fourth-order valence-electron chi connectivity index (χ4n) is 2.82. The Bertz CT molecular complexity index is 642. The lowest BCUT2D eigenvalue weighted by atomic mass is 9.96. The highest BCUT2D eigenvalue weighted by Crippen LogP contribution is 2.35. The molecule has 0 bridgehead atoms. The van der Waals surface area contributed by atoms with Crippen LogP contribution < -0.4 is 10.6 Å². The molecule has 2 aliphatic heterocycles. The summed E-state index contributed by atoms with van der Waals surface area (Å²) in [4.78, 5) is 26.2. The van der Waals surface area contributed by atoms with E-state index in [2.05, 4.69) is 10.6 Å². The lowest BCUT2D eigenvalue weighted by Gasteiger charge is -2.26. The number of amides is 3. The first-order valence-corrected chi connectivity index (χ1v) is 7.34. The molecule has 0 fully saturated rings. The van der Waals surface area contributed by atoms with Crippen molar-refractivity contribution < 1.29 is 9.59 Å². The normalized spacial score (nSPS) is 21.2. The van der Waals surface area contributed by atoms with E-state index < -0.39 is 6.04 Å². The standard InChI is InChI=1S/C15H16ClN3O2/c1-2-7-19-8-11-12(14(19)20)13(18-15(21)17-11)9-5-3-4-6-10(9)16/h3-6,13H,2,7-8H2,1H3,(H2,17,18,21)/t13-/m0/s1. The van der Waals surface area contributed by atoms with Crippen molar-refractivity contribution in [2.75, 3.05) is 13.1 Å². The van der Waals surface area contributed by atoms with E-state index >= 15 is 0 Å². The number of benzene rings is 1. The summed E-state index contributed by atoms with van der Waals surface area (Å²) in [5.74, 6) is -0.0377. The van der Waals surface area contributed by atoms with Crippen LogP contribution in [0.15, 0.2) is 35.5 Å². The molecule has 21 heavy (non-hydrogen) atoms. The predicted octanol–water partition coefficient (Wildman–Crippen LogP) is 2.20. The van der Waals surface area contributed by atoms with Gasteiger partial charge in [0.05, 0.1) is 23.9 Å². The minimum atomic E-state index is -0.489. The van der Waals surface area contributed by atoms with E-state index in [0.717, 1.165) is 12.0 Å². The summed E-state index contributed by atoms with van der Waals surface area (Å²) in [7, 11) is 0. The average Bonchev–Trinajstić information content (AvgIpc) is 2.75. The Balaban J connectivity index is 2.01. The first kappa shape index (κ1) is 13.9. The molecule has 0 saturated carbocycles. The van der Waals surface area contributed by atoms with Crippen molar-refractivity contribution >= 4 is 23.5 Å². The Kier molecular flexibility index (Phi) is 3.59. The minimum Gasteiger partial charge on any atom is -0.333 e. The molecule has 0 aromatic heterocycles. The second-order valence-corrected chi connectivity index (χ2v) is 5.58. The van der Waals surface area contributed by atoms with Gasteiger partial charge in [-0.15, -0.1) is 0 Å². The molecule has 1 aromatic rings. The molecule has 2 N–H and O–H groups in total. The molecule has 0 saturated heterocycles. The van der Waals surface area contributed by atoms with E-state index in [-0.39, 0.29) is 11.9 Å². The van der Waals surface area contributed by atoms with Crippen LogP contribution >= 0.6 is 11.6 Å². The van der Waals surface area contributed by atoms with Gasteiger partial charge in [0.2, 0.25) is 0 Å². The van der Waals surface area contributed by atoms with Crippen LogP contribution in [0.1, 0.15) is 24.9 Å². The van der Waals surface area contributed by atoms with Crippen molar-refractivity contribution in [1.29, 1.82) is 0 Å². The zero-order valence-corrected chi connectivity index (χ0v) is 12.4. The van der Waals surface area contributed by atoms with Gasteiger partial charge in [-0.05, 0) is 18.1 Å². The zero-order chi connectivity index (χ0) is 15.0. The van der Waals surface area contributed by atoms with E-state index in [1.807, 2.05) is 25.1 Å². The fraction of sp³-hybridized carbons (Fsp3) is 0.333. The molecule has 0 spiro atoms. The molecule has 2 aliphatic rings. The minimum absolute atomic E-state index is 0.0377. The quantitative estimate of drug-likeness (QED) is 0.899. The Hall–Kier alpha value is -2.01. The summed E-state index contributed by atoms with van der Waals surface area (Å²) in [6.07, 6.45) is 0.879. The Morgan fingerprint density at radius 1 is 1.33 bits per heavy atom. The molecular formula is C15H16ClN3O2. The van der Waals surface area contributed by atoms with Gasteiger partial charge in [-0.2, -0.15) is 0 Å². The molecule has 3 rings (SSSR count). The van der Waals surface area contributed by atoms with E-state index in [4.69, 9.17) is 11.6 Å². The summed E-state index contributed by atoms with van der Waals surface area (Å²) in [6.45, 7) is 3.15. The fourth-order valence-corrected chi connectivity index (χ4v) is 3.07. The molecule has 2 heterocycles. The maximum Gasteiger partial charge on any atom is 0.319 e. The van der Waals surface area contributed by atoms with Crippen LogP contribution in [0.3, 0.4) is 0 Å². The van der Waals surface area contributed by atoms with E-state index in [9.17, 15) is 9.59 Å². The van der Waals surface area contributed by atoms with Crippen LogP contribution in [0, 0.1) is 0 Å². The third-order valence-corrected chi connectivity index (χ3v) is 4.07. The van der Waals surface area contributed by atoms with Gasteiger partial charge in [0, 0.05) is 11.6 Å². The van der Waals surface area contributed by atoms with Gasteiger partial charge in [-0.25, -0.2) is 4.79 Å². The average molecular weight is 306 g/mol. The Labute approximate surface area is 128 Å². The first-order chi connectivity index (χ1) is 10.1. The van der Waals surface area contributed by atoms with Crippen molar-refractivity contribution in [1.82, 2.24) is 15.5 Å². The number of nitrogens with one attached hydrogen (secondary N) is 2. The van der Waals surface area contributed by atoms with Crippen molar-refractivity contribution in [3.8, 4) is 0 Å². The molecule has 0 radical (unpaired) electrons. The predicted molar refractivity (Wildman–Crippen MR) is 79.8 cm³/mol. The van der Waals surface area contributed by atoms with Crippen LogP contribution in [-0.4, -0.2) is 29.9 Å². The molecule has 1 aromatic carbocycles. The number of urea groups is 1. The molecule has 1 atom stereocenters. The molecule has 0 unspecified atom stereocenters. The second kappa shape index (κ2) is 5.41. The summed E-state index contributed by atoms with van der Waals surface area (Å²) in [5, 5.41) is 6.08. The molecule has 110 valence electrons. The summed E-state index contributed by atoms with van der Waals surface area (Å²) >= 11 is 6.22. The van der Waals surface area contributed by atoms with Crippen molar-refractivity contribution in [3.05, 3.63) is 46.1 Å². The highest BCUT2D eigenvalue weighted by molar-refractivity contribution is 6.31. The van der Waals surface area contributed by atoms with Gasteiger partial charge < -0.3 is 15.5 Å². The highest BCUT2D eigenvalue weighted by atomic mass is 35.5. The third-order valence-electron chi connectivity index (χ3n) is 3.73.